The molecule has 0 bridgehead atoms. The number of benzene rings is 2. The first-order valence-corrected chi connectivity index (χ1v) is 13.5. The molecule has 2 aromatic rings. The number of ketones is 2. The van der Waals surface area contributed by atoms with Crippen molar-refractivity contribution < 1.29 is 45.9 Å². The monoisotopic (exact) mass is 638 g/mol. The molecule has 2 aromatic carbocycles. The number of hydrogen-bond acceptors (Lipinski definition) is 5. The highest BCUT2D eigenvalue weighted by Crippen LogP contribution is 2.29. The Morgan fingerprint density at radius 2 is 1.57 bits per heavy atom. The number of carbonyl (C=O) groups is 4. The van der Waals surface area contributed by atoms with E-state index >= 15 is 0 Å². The minimum Gasteiger partial charge on any atom is -0.484 e. The zero-order valence-corrected chi connectivity index (χ0v) is 24.1. The second-order valence-electron chi connectivity index (χ2n) is 9.76. The van der Waals surface area contributed by atoms with E-state index in [0.29, 0.717) is 5.56 Å². The molecule has 0 aliphatic carbocycles. The van der Waals surface area contributed by atoms with E-state index in [1.165, 1.54) is 37.4 Å². The van der Waals surface area contributed by atoms with Crippen LogP contribution in [0.4, 0.5) is 22.0 Å². The number of nitrogens with one attached hydrogen (secondary N) is 2. The third kappa shape index (κ3) is 10.9. The lowest BCUT2D eigenvalue weighted by Gasteiger charge is -2.26. The SMILES string of the molecule is CC(C)[C@H](CC(=O)[C@H](Cc1ccccc1)NC(=O)COc1ccc(Cl)c(Cl)c1)C(=O)C(F)(F)C(=O)NCCC(F)(F)F. The van der Waals surface area contributed by atoms with Gasteiger partial charge in [0.2, 0.25) is 5.78 Å². The van der Waals surface area contributed by atoms with Crippen LogP contribution in [-0.4, -0.2) is 54.7 Å². The minimum atomic E-state index is -4.70. The summed E-state index contributed by atoms with van der Waals surface area (Å²) in [6, 6.07) is 11.5. The number of alkyl halides is 5. The summed E-state index contributed by atoms with van der Waals surface area (Å²) < 4.78 is 71.8. The van der Waals surface area contributed by atoms with Crippen molar-refractivity contribution in [2.45, 2.75) is 51.3 Å². The first-order valence-electron chi connectivity index (χ1n) is 12.7. The van der Waals surface area contributed by atoms with E-state index < -0.39 is 79.4 Å². The van der Waals surface area contributed by atoms with Gasteiger partial charge in [0.15, 0.2) is 12.4 Å². The summed E-state index contributed by atoms with van der Waals surface area (Å²) in [5.74, 6) is -12.6. The summed E-state index contributed by atoms with van der Waals surface area (Å²) in [6.07, 6.45) is -7.09. The van der Waals surface area contributed by atoms with Gasteiger partial charge in [0, 0.05) is 24.9 Å². The molecule has 42 heavy (non-hydrogen) atoms. The molecule has 0 aliphatic rings. The summed E-state index contributed by atoms with van der Waals surface area (Å²) >= 11 is 11.8. The molecule has 0 spiro atoms. The zero-order chi connectivity index (χ0) is 31.7. The van der Waals surface area contributed by atoms with Gasteiger partial charge in [-0.2, -0.15) is 22.0 Å². The second-order valence-corrected chi connectivity index (χ2v) is 10.6. The van der Waals surface area contributed by atoms with Crippen LogP contribution in [-0.2, 0) is 25.6 Å². The van der Waals surface area contributed by atoms with E-state index in [4.69, 9.17) is 27.9 Å². The van der Waals surface area contributed by atoms with Crippen molar-refractivity contribution in [1.82, 2.24) is 10.6 Å². The summed E-state index contributed by atoms with van der Waals surface area (Å²) in [4.78, 5) is 50.7. The predicted molar refractivity (Wildman–Crippen MR) is 146 cm³/mol. The molecule has 230 valence electrons. The Morgan fingerprint density at radius 1 is 0.929 bits per heavy atom. The van der Waals surface area contributed by atoms with Gasteiger partial charge >= 0.3 is 12.1 Å². The molecule has 0 radical (unpaired) electrons. The Labute approximate surface area is 249 Å². The van der Waals surface area contributed by atoms with Crippen molar-refractivity contribution in [3.63, 3.8) is 0 Å². The van der Waals surface area contributed by atoms with Gasteiger partial charge in [0.05, 0.1) is 22.5 Å². The molecular formula is C28H29Cl2F5N2O5. The van der Waals surface area contributed by atoms with Gasteiger partial charge in [-0.3, -0.25) is 19.2 Å². The Morgan fingerprint density at radius 3 is 2.14 bits per heavy atom. The van der Waals surface area contributed by atoms with Crippen LogP contribution >= 0.6 is 23.2 Å². The van der Waals surface area contributed by atoms with Gasteiger partial charge in [-0.25, -0.2) is 0 Å². The Balaban J connectivity index is 2.17. The predicted octanol–water partition coefficient (Wildman–Crippen LogP) is 5.60. The van der Waals surface area contributed by atoms with Crippen LogP contribution in [0.5, 0.6) is 5.75 Å². The summed E-state index contributed by atoms with van der Waals surface area (Å²) in [7, 11) is 0. The second kappa shape index (κ2) is 15.3. The lowest BCUT2D eigenvalue weighted by Crippen LogP contribution is -2.51. The van der Waals surface area contributed by atoms with Crippen LogP contribution in [0, 0.1) is 11.8 Å². The van der Waals surface area contributed by atoms with Crippen molar-refractivity contribution in [1.29, 1.82) is 0 Å². The number of amides is 2. The number of ether oxygens (including phenoxy) is 1. The lowest BCUT2D eigenvalue weighted by molar-refractivity contribution is -0.163. The largest absolute Gasteiger partial charge is 0.484 e. The quantitative estimate of drug-likeness (QED) is 0.195. The fraction of sp³-hybridized carbons (Fsp3) is 0.429. The topological polar surface area (TPSA) is 102 Å². The summed E-state index contributed by atoms with van der Waals surface area (Å²) in [6.45, 7) is 1.07. The molecule has 0 aliphatic heterocycles. The van der Waals surface area contributed by atoms with Gasteiger partial charge in [-0.05, 0) is 30.0 Å². The highest BCUT2D eigenvalue weighted by atomic mass is 35.5. The van der Waals surface area contributed by atoms with Crippen molar-refractivity contribution >= 4 is 46.6 Å². The molecule has 2 rings (SSSR count). The van der Waals surface area contributed by atoms with Crippen LogP contribution < -0.4 is 15.4 Å². The van der Waals surface area contributed by atoms with E-state index in [2.05, 4.69) is 5.32 Å². The number of halogens is 7. The fourth-order valence-corrected chi connectivity index (χ4v) is 4.10. The van der Waals surface area contributed by atoms with Gasteiger partial charge in [0.1, 0.15) is 5.75 Å². The molecule has 7 nitrogen and oxygen atoms in total. The van der Waals surface area contributed by atoms with Gasteiger partial charge < -0.3 is 15.4 Å². The van der Waals surface area contributed by atoms with E-state index in [1.807, 2.05) is 0 Å². The summed E-state index contributed by atoms with van der Waals surface area (Å²) in [5, 5.41) is 4.36. The normalized spacial score (nSPS) is 13.3. The van der Waals surface area contributed by atoms with E-state index in [-0.39, 0.29) is 22.2 Å². The fourth-order valence-electron chi connectivity index (χ4n) is 3.81. The highest BCUT2D eigenvalue weighted by molar-refractivity contribution is 6.42. The van der Waals surface area contributed by atoms with Crippen molar-refractivity contribution in [3.05, 3.63) is 64.1 Å². The molecule has 0 unspecified atom stereocenters. The molecule has 0 saturated carbocycles. The average Bonchev–Trinajstić information content (AvgIpc) is 2.91. The maximum absolute atomic E-state index is 14.7. The van der Waals surface area contributed by atoms with E-state index in [1.54, 1.807) is 30.3 Å². The maximum Gasteiger partial charge on any atom is 0.390 e. The van der Waals surface area contributed by atoms with Gasteiger partial charge in [-0.1, -0.05) is 67.4 Å². The third-order valence-corrected chi connectivity index (χ3v) is 6.86. The molecule has 0 heterocycles. The maximum atomic E-state index is 14.7. The molecular weight excluding hydrogens is 610 g/mol. The van der Waals surface area contributed by atoms with Crippen molar-refractivity contribution in [2.24, 2.45) is 11.8 Å². The molecule has 0 aromatic heterocycles. The number of carbonyl (C=O) groups excluding carboxylic acids is 4. The molecule has 0 fully saturated rings. The standard InChI is InChI=1S/C28H29Cl2F5N2O5/c1-16(2)19(25(40)28(34,35)26(41)36-11-10-27(31,32)33)14-23(38)22(12-17-6-4-3-5-7-17)37-24(39)15-42-18-8-9-20(29)21(30)13-18/h3-9,13,16,19,22H,10-12,14-15H2,1-2H3,(H,36,41)(H,37,39)/t19-,22-/m0/s1. The van der Waals surface area contributed by atoms with Crippen LogP contribution in [0.25, 0.3) is 0 Å². The third-order valence-electron chi connectivity index (χ3n) is 6.12. The Bertz CT molecular complexity index is 1260. The Hall–Kier alpha value is -3.25. The number of hydrogen-bond donors (Lipinski definition) is 2. The molecule has 14 heteroatoms. The van der Waals surface area contributed by atoms with Crippen LogP contribution in [0.1, 0.15) is 32.3 Å². The van der Waals surface area contributed by atoms with E-state index in [9.17, 15) is 41.1 Å². The van der Waals surface area contributed by atoms with Gasteiger partial charge in [-0.15, -0.1) is 0 Å². The van der Waals surface area contributed by atoms with Crippen LogP contribution in [0.3, 0.4) is 0 Å². The molecule has 0 saturated heterocycles. The minimum absolute atomic E-state index is 0.0501. The zero-order valence-electron chi connectivity index (χ0n) is 22.6. The number of rotatable bonds is 15. The Kier molecular flexibility index (Phi) is 12.7. The summed E-state index contributed by atoms with van der Waals surface area (Å²) in [5.41, 5.74) is 0.614. The van der Waals surface area contributed by atoms with Crippen molar-refractivity contribution in [2.75, 3.05) is 13.2 Å². The number of Topliss-reactive ketones (excluding diaryl/α,β-unsaturated/α-hetero) is 2. The highest BCUT2D eigenvalue weighted by Gasteiger charge is 2.51. The average molecular weight is 639 g/mol. The molecule has 2 atom stereocenters. The first kappa shape index (κ1) is 34.9. The van der Waals surface area contributed by atoms with Crippen LogP contribution in [0.15, 0.2) is 48.5 Å². The van der Waals surface area contributed by atoms with Gasteiger partial charge in [0.25, 0.3) is 11.8 Å². The first-order chi connectivity index (χ1) is 19.5. The van der Waals surface area contributed by atoms with E-state index in [0.717, 1.165) is 0 Å². The molecule has 2 N–H and O–H groups in total. The van der Waals surface area contributed by atoms with Crippen molar-refractivity contribution in [3.8, 4) is 5.75 Å². The lowest BCUT2D eigenvalue weighted by atomic mass is 9.82. The van der Waals surface area contributed by atoms with Crippen LogP contribution in [0.2, 0.25) is 10.0 Å². The molecule has 2 amide bonds. The smallest absolute Gasteiger partial charge is 0.390 e.